The van der Waals surface area contributed by atoms with Crippen LogP contribution in [-0.2, 0) is 16.6 Å². The summed E-state index contributed by atoms with van der Waals surface area (Å²) in [7, 11) is -3.62. The van der Waals surface area contributed by atoms with Crippen molar-refractivity contribution in [1.82, 2.24) is 9.71 Å². The molecule has 0 atom stereocenters. The number of rotatable bonds is 4. The fourth-order valence-electron chi connectivity index (χ4n) is 1.95. The molecule has 0 amide bonds. The second-order valence-electron chi connectivity index (χ2n) is 4.50. The Morgan fingerprint density at radius 3 is 2.76 bits per heavy atom. The van der Waals surface area contributed by atoms with Gasteiger partial charge in [0.05, 0.1) is 4.90 Å². The smallest absolute Gasteiger partial charge is 0.336 e. The van der Waals surface area contributed by atoms with Gasteiger partial charge in [0.25, 0.3) is 0 Å². The second kappa shape index (κ2) is 5.19. The Hall–Kier alpha value is -2.38. The average Bonchev–Trinajstić information content (AvgIpc) is 2.98. The molecule has 3 aromatic rings. The van der Waals surface area contributed by atoms with Gasteiger partial charge in [-0.25, -0.2) is 17.9 Å². The standard InChI is InChI=1S/C14H12N2O4S/c17-14-4-1-11-7-12(2-3-13(11)20-14)21(18,19)16-9-10-5-6-15-8-10/h1-8,15-16H,9H2. The third-order valence-electron chi connectivity index (χ3n) is 3.03. The number of hydrogen-bond donors (Lipinski definition) is 2. The molecule has 2 N–H and O–H groups in total. The van der Waals surface area contributed by atoms with Gasteiger partial charge in [-0.1, -0.05) is 0 Å². The van der Waals surface area contributed by atoms with E-state index in [1.54, 1.807) is 18.5 Å². The highest BCUT2D eigenvalue weighted by atomic mass is 32.2. The van der Waals surface area contributed by atoms with Gasteiger partial charge in [0, 0.05) is 30.4 Å². The first-order valence-electron chi connectivity index (χ1n) is 6.20. The van der Waals surface area contributed by atoms with Crippen LogP contribution in [0.25, 0.3) is 11.0 Å². The van der Waals surface area contributed by atoms with Gasteiger partial charge in [0.2, 0.25) is 10.0 Å². The molecule has 0 saturated heterocycles. The lowest BCUT2D eigenvalue weighted by Gasteiger charge is -2.06. The number of aromatic nitrogens is 1. The van der Waals surface area contributed by atoms with E-state index in [1.165, 1.54) is 30.3 Å². The minimum Gasteiger partial charge on any atom is -0.423 e. The molecule has 6 nitrogen and oxygen atoms in total. The van der Waals surface area contributed by atoms with Crippen LogP contribution in [0.1, 0.15) is 5.56 Å². The fourth-order valence-corrected chi connectivity index (χ4v) is 3.00. The van der Waals surface area contributed by atoms with Gasteiger partial charge < -0.3 is 9.40 Å². The van der Waals surface area contributed by atoms with Crippen LogP contribution in [0.3, 0.4) is 0 Å². The predicted molar refractivity (Wildman–Crippen MR) is 77.3 cm³/mol. The first kappa shape index (κ1) is 13.6. The summed E-state index contributed by atoms with van der Waals surface area (Å²) < 4.78 is 31.9. The fraction of sp³-hybridized carbons (Fsp3) is 0.0714. The zero-order valence-corrected chi connectivity index (χ0v) is 11.7. The topological polar surface area (TPSA) is 92.2 Å². The largest absolute Gasteiger partial charge is 0.423 e. The van der Waals surface area contributed by atoms with E-state index >= 15 is 0 Å². The van der Waals surface area contributed by atoms with E-state index in [-0.39, 0.29) is 11.4 Å². The number of nitrogens with one attached hydrogen (secondary N) is 2. The lowest BCUT2D eigenvalue weighted by Crippen LogP contribution is -2.23. The first-order chi connectivity index (χ1) is 10.0. The summed E-state index contributed by atoms with van der Waals surface area (Å²) in [5, 5.41) is 0.555. The van der Waals surface area contributed by atoms with Gasteiger partial charge in [-0.3, -0.25) is 0 Å². The van der Waals surface area contributed by atoms with E-state index in [0.29, 0.717) is 11.0 Å². The van der Waals surface area contributed by atoms with Crippen molar-refractivity contribution in [3.63, 3.8) is 0 Å². The van der Waals surface area contributed by atoms with Crippen LogP contribution in [0, 0.1) is 0 Å². The lowest BCUT2D eigenvalue weighted by atomic mass is 10.2. The van der Waals surface area contributed by atoms with Gasteiger partial charge in [-0.05, 0) is 35.9 Å². The Kier molecular flexibility index (Phi) is 3.36. The maximum atomic E-state index is 12.2. The van der Waals surface area contributed by atoms with Crippen LogP contribution in [-0.4, -0.2) is 13.4 Å². The molecule has 0 aliphatic rings. The van der Waals surface area contributed by atoms with Gasteiger partial charge in [0.1, 0.15) is 5.58 Å². The molecule has 0 aliphatic heterocycles. The molecule has 0 saturated carbocycles. The van der Waals surface area contributed by atoms with E-state index < -0.39 is 15.6 Å². The third-order valence-corrected chi connectivity index (χ3v) is 4.43. The normalized spacial score (nSPS) is 11.8. The van der Waals surface area contributed by atoms with Crippen molar-refractivity contribution in [1.29, 1.82) is 0 Å². The highest BCUT2D eigenvalue weighted by Gasteiger charge is 2.14. The Morgan fingerprint density at radius 2 is 2.00 bits per heavy atom. The van der Waals surface area contributed by atoms with Crippen molar-refractivity contribution in [2.75, 3.05) is 0 Å². The molecule has 0 radical (unpaired) electrons. The van der Waals surface area contributed by atoms with Gasteiger partial charge >= 0.3 is 5.63 Å². The van der Waals surface area contributed by atoms with E-state index in [2.05, 4.69) is 9.71 Å². The van der Waals surface area contributed by atoms with Crippen LogP contribution in [0.5, 0.6) is 0 Å². The molecule has 0 aliphatic carbocycles. The van der Waals surface area contributed by atoms with Gasteiger partial charge in [-0.15, -0.1) is 0 Å². The third kappa shape index (κ3) is 2.88. The number of sulfonamides is 1. The van der Waals surface area contributed by atoms with E-state index in [0.717, 1.165) is 5.56 Å². The van der Waals surface area contributed by atoms with Gasteiger partial charge in [0.15, 0.2) is 0 Å². The summed E-state index contributed by atoms with van der Waals surface area (Å²) in [6, 6.07) is 8.93. The lowest BCUT2D eigenvalue weighted by molar-refractivity contribution is 0.560. The summed E-state index contributed by atoms with van der Waals surface area (Å²) in [6.45, 7) is 0.202. The number of benzene rings is 1. The quantitative estimate of drug-likeness (QED) is 0.716. The Bertz CT molecular complexity index is 927. The molecule has 1 aromatic carbocycles. The predicted octanol–water partition coefficient (Wildman–Crippen LogP) is 1.60. The Morgan fingerprint density at radius 1 is 1.14 bits per heavy atom. The maximum absolute atomic E-state index is 12.2. The van der Waals surface area contributed by atoms with E-state index in [4.69, 9.17) is 4.42 Å². The van der Waals surface area contributed by atoms with Crippen molar-refractivity contribution in [3.05, 3.63) is 64.8 Å². The van der Waals surface area contributed by atoms with Crippen molar-refractivity contribution < 1.29 is 12.8 Å². The number of hydrogen-bond acceptors (Lipinski definition) is 4. The zero-order chi connectivity index (χ0) is 14.9. The van der Waals surface area contributed by atoms with Gasteiger partial charge in [-0.2, -0.15) is 0 Å². The molecule has 7 heteroatoms. The monoisotopic (exact) mass is 304 g/mol. The van der Waals surface area contributed by atoms with Crippen molar-refractivity contribution >= 4 is 21.0 Å². The van der Waals surface area contributed by atoms with Crippen LogP contribution >= 0.6 is 0 Å². The molecule has 2 aromatic heterocycles. The maximum Gasteiger partial charge on any atom is 0.336 e. The molecule has 0 spiro atoms. The summed E-state index contributed by atoms with van der Waals surface area (Å²) in [5.74, 6) is 0. The summed E-state index contributed by atoms with van der Waals surface area (Å²) >= 11 is 0. The molecular weight excluding hydrogens is 292 g/mol. The number of H-pyrrole nitrogens is 1. The Labute approximate surface area is 120 Å². The molecule has 0 bridgehead atoms. The molecular formula is C14H12N2O4S. The minimum absolute atomic E-state index is 0.124. The van der Waals surface area contributed by atoms with Crippen LogP contribution in [0.4, 0.5) is 0 Å². The average molecular weight is 304 g/mol. The van der Waals surface area contributed by atoms with Crippen molar-refractivity contribution in [2.24, 2.45) is 0 Å². The molecule has 2 heterocycles. The summed E-state index contributed by atoms with van der Waals surface area (Å²) in [6.07, 6.45) is 3.44. The molecule has 3 rings (SSSR count). The number of aromatic amines is 1. The van der Waals surface area contributed by atoms with E-state index in [9.17, 15) is 13.2 Å². The zero-order valence-electron chi connectivity index (χ0n) is 10.9. The van der Waals surface area contributed by atoms with Crippen molar-refractivity contribution in [2.45, 2.75) is 11.4 Å². The van der Waals surface area contributed by atoms with Crippen molar-refractivity contribution in [3.8, 4) is 0 Å². The molecule has 0 fully saturated rings. The molecule has 0 unspecified atom stereocenters. The van der Waals surface area contributed by atoms with E-state index in [1.807, 2.05) is 0 Å². The summed E-state index contributed by atoms with van der Waals surface area (Å²) in [4.78, 5) is 14.1. The Balaban J connectivity index is 1.91. The van der Waals surface area contributed by atoms with Crippen LogP contribution < -0.4 is 10.3 Å². The molecule has 21 heavy (non-hydrogen) atoms. The van der Waals surface area contributed by atoms with Crippen LogP contribution in [0.15, 0.2) is 62.9 Å². The summed E-state index contributed by atoms with van der Waals surface area (Å²) in [5.41, 5.74) is 0.723. The highest BCUT2D eigenvalue weighted by molar-refractivity contribution is 7.89. The molecule has 108 valence electrons. The minimum atomic E-state index is -3.62. The number of fused-ring (bicyclic) bond motifs is 1. The highest BCUT2D eigenvalue weighted by Crippen LogP contribution is 2.17. The first-order valence-corrected chi connectivity index (χ1v) is 7.68. The van der Waals surface area contributed by atoms with Crippen LogP contribution in [0.2, 0.25) is 0 Å². The SMILES string of the molecule is O=c1ccc2cc(S(=O)(=O)NCc3cc[nH]c3)ccc2o1. The second-order valence-corrected chi connectivity index (χ2v) is 6.26.